The second-order valence-corrected chi connectivity index (χ2v) is 4.94. The van der Waals surface area contributed by atoms with Gasteiger partial charge in [0.1, 0.15) is 0 Å². The lowest BCUT2D eigenvalue weighted by atomic mass is 9.91. The number of piperidine rings is 1. The van der Waals surface area contributed by atoms with Crippen molar-refractivity contribution in [3.05, 3.63) is 0 Å². The first-order valence-electron chi connectivity index (χ1n) is 6.27. The van der Waals surface area contributed by atoms with Crippen LogP contribution in [0.1, 0.15) is 26.2 Å². The van der Waals surface area contributed by atoms with Gasteiger partial charge in [-0.25, -0.2) is 0 Å². The summed E-state index contributed by atoms with van der Waals surface area (Å²) in [6.45, 7) is 4.97. The number of nitrogens with one attached hydrogen (secondary N) is 2. The highest BCUT2D eigenvalue weighted by atomic mass is 16.1. The third-order valence-corrected chi connectivity index (χ3v) is 3.18. The van der Waals surface area contributed by atoms with Crippen LogP contribution in [0.3, 0.4) is 0 Å². The molecule has 2 unspecified atom stereocenters. The fourth-order valence-electron chi connectivity index (χ4n) is 2.14. The molecule has 2 atom stereocenters. The van der Waals surface area contributed by atoms with Gasteiger partial charge in [-0.2, -0.15) is 0 Å². The molecule has 0 spiro atoms. The highest BCUT2D eigenvalue weighted by Crippen LogP contribution is 2.15. The SMILES string of the molecule is CC1NCCCC1C(=O)NCCCN(C)C. The molecular weight excluding hydrogens is 202 g/mol. The van der Waals surface area contributed by atoms with Crippen LogP contribution in [0.25, 0.3) is 0 Å². The van der Waals surface area contributed by atoms with Crippen LogP contribution in [0.5, 0.6) is 0 Å². The Bertz CT molecular complexity index is 218. The summed E-state index contributed by atoms with van der Waals surface area (Å²) in [5.74, 6) is 0.381. The van der Waals surface area contributed by atoms with Crippen molar-refractivity contribution in [2.75, 3.05) is 33.7 Å². The molecule has 2 N–H and O–H groups in total. The number of hydrogen-bond acceptors (Lipinski definition) is 3. The first kappa shape index (κ1) is 13.5. The Kier molecular flexibility index (Phi) is 5.77. The first-order chi connectivity index (χ1) is 7.61. The van der Waals surface area contributed by atoms with Crippen LogP contribution in [0, 0.1) is 5.92 Å². The average molecular weight is 227 g/mol. The van der Waals surface area contributed by atoms with Crippen LogP contribution in [0.15, 0.2) is 0 Å². The van der Waals surface area contributed by atoms with Gasteiger partial charge in [0.2, 0.25) is 5.91 Å². The summed E-state index contributed by atoms with van der Waals surface area (Å²) in [6, 6.07) is 0.322. The van der Waals surface area contributed by atoms with E-state index in [0.29, 0.717) is 6.04 Å². The molecule has 1 aliphatic heterocycles. The Balaban J connectivity index is 2.18. The van der Waals surface area contributed by atoms with E-state index in [1.54, 1.807) is 0 Å². The monoisotopic (exact) mass is 227 g/mol. The Morgan fingerprint density at radius 1 is 1.50 bits per heavy atom. The summed E-state index contributed by atoms with van der Waals surface area (Å²) in [7, 11) is 4.10. The van der Waals surface area contributed by atoms with E-state index in [1.165, 1.54) is 0 Å². The zero-order chi connectivity index (χ0) is 12.0. The van der Waals surface area contributed by atoms with Crippen molar-refractivity contribution >= 4 is 5.91 Å². The highest BCUT2D eigenvalue weighted by molar-refractivity contribution is 5.79. The van der Waals surface area contributed by atoms with Crippen LogP contribution in [0.2, 0.25) is 0 Å². The second-order valence-electron chi connectivity index (χ2n) is 4.94. The van der Waals surface area contributed by atoms with Crippen LogP contribution in [-0.2, 0) is 4.79 Å². The molecule has 1 fully saturated rings. The van der Waals surface area contributed by atoms with Gasteiger partial charge >= 0.3 is 0 Å². The van der Waals surface area contributed by atoms with Crippen molar-refractivity contribution < 1.29 is 4.79 Å². The van der Waals surface area contributed by atoms with Crippen LogP contribution >= 0.6 is 0 Å². The molecule has 1 saturated heterocycles. The van der Waals surface area contributed by atoms with Gasteiger partial charge in [0.05, 0.1) is 5.92 Å². The summed E-state index contributed by atoms with van der Waals surface area (Å²) < 4.78 is 0. The quantitative estimate of drug-likeness (QED) is 0.670. The molecule has 1 aliphatic rings. The van der Waals surface area contributed by atoms with Crippen LogP contribution < -0.4 is 10.6 Å². The van der Waals surface area contributed by atoms with Gasteiger partial charge in [-0.3, -0.25) is 4.79 Å². The van der Waals surface area contributed by atoms with Crippen LogP contribution in [0.4, 0.5) is 0 Å². The molecule has 0 radical (unpaired) electrons. The van der Waals surface area contributed by atoms with E-state index in [9.17, 15) is 4.79 Å². The van der Waals surface area contributed by atoms with Crippen molar-refractivity contribution in [2.45, 2.75) is 32.2 Å². The molecule has 0 aromatic heterocycles. The highest BCUT2D eigenvalue weighted by Gasteiger charge is 2.26. The van der Waals surface area contributed by atoms with E-state index < -0.39 is 0 Å². The Labute approximate surface area is 98.8 Å². The van der Waals surface area contributed by atoms with E-state index in [1.807, 2.05) is 0 Å². The fraction of sp³-hybridized carbons (Fsp3) is 0.917. The number of carbonyl (C=O) groups is 1. The molecule has 4 heteroatoms. The first-order valence-corrected chi connectivity index (χ1v) is 6.27. The number of rotatable bonds is 5. The summed E-state index contributed by atoms with van der Waals surface area (Å²) in [4.78, 5) is 14.0. The van der Waals surface area contributed by atoms with Gasteiger partial charge in [0.15, 0.2) is 0 Å². The second kappa shape index (κ2) is 6.86. The van der Waals surface area contributed by atoms with Gasteiger partial charge in [0.25, 0.3) is 0 Å². The largest absolute Gasteiger partial charge is 0.356 e. The predicted octanol–water partition coefficient (Wildman–Crippen LogP) is 0.442. The molecule has 0 bridgehead atoms. The summed E-state index contributed by atoms with van der Waals surface area (Å²) in [5, 5.41) is 6.39. The number of amides is 1. The smallest absolute Gasteiger partial charge is 0.224 e. The molecule has 0 saturated carbocycles. The van der Waals surface area contributed by atoms with E-state index in [2.05, 4.69) is 36.6 Å². The minimum Gasteiger partial charge on any atom is -0.356 e. The fourth-order valence-corrected chi connectivity index (χ4v) is 2.14. The third kappa shape index (κ3) is 4.49. The number of carbonyl (C=O) groups excluding carboxylic acids is 1. The van der Waals surface area contributed by atoms with Crippen molar-refractivity contribution in [3.8, 4) is 0 Å². The van der Waals surface area contributed by atoms with Crippen LogP contribution in [-0.4, -0.2) is 50.6 Å². The molecule has 0 aromatic rings. The van der Waals surface area contributed by atoms with E-state index in [0.717, 1.165) is 38.9 Å². The lowest BCUT2D eigenvalue weighted by Crippen LogP contribution is -2.47. The van der Waals surface area contributed by atoms with Gasteiger partial charge in [-0.15, -0.1) is 0 Å². The Morgan fingerprint density at radius 3 is 2.88 bits per heavy atom. The lowest BCUT2D eigenvalue weighted by Gasteiger charge is -2.28. The Morgan fingerprint density at radius 2 is 2.25 bits per heavy atom. The maximum Gasteiger partial charge on any atom is 0.224 e. The molecule has 94 valence electrons. The number of nitrogens with zero attached hydrogens (tertiary/aromatic N) is 1. The van der Waals surface area contributed by atoms with Gasteiger partial charge in [-0.05, 0) is 53.4 Å². The van der Waals surface area contributed by atoms with Gasteiger partial charge in [0, 0.05) is 12.6 Å². The zero-order valence-electron chi connectivity index (χ0n) is 10.8. The van der Waals surface area contributed by atoms with Crippen molar-refractivity contribution in [3.63, 3.8) is 0 Å². The minimum absolute atomic E-state index is 0.160. The van der Waals surface area contributed by atoms with Gasteiger partial charge in [-0.1, -0.05) is 0 Å². The van der Waals surface area contributed by atoms with Gasteiger partial charge < -0.3 is 15.5 Å². The Hall–Kier alpha value is -0.610. The number of hydrogen-bond donors (Lipinski definition) is 2. The molecule has 0 aromatic carbocycles. The maximum atomic E-state index is 11.9. The predicted molar refractivity (Wildman–Crippen MR) is 66.4 cm³/mol. The molecule has 0 aliphatic carbocycles. The molecule has 16 heavy (non-hydrogen) atoms. The minimum atomic E-state index is 0.160. The van der Waals surface area contributed by atoms with Crippen molar-refractivity contribution in [2.24, 2.45) is 5.92 Å². The average Bonchev–Trinajstić information content (AvgIpc) is 2.24. The summed E-state index contributed by atoms with van der Waals surface area (Å²) in [6.07, 6.45) is 3.15. The maximum absolute atomic E-state index is 11.9. The molecule has 1 rings (SSSR count). The topological polar surface area (TPSA) is 44.4 Å². The molecule has 1 amide bonds. The summed E-state index contributed by atoms with van der Waals surface area (Å²) >= 11 is 0. The van der Waals surface area contributed by atoms with Crippen molar-refractivity contribution in [1.82, 2.24) is 15.5 Å². The third-order valence-electron chi connectivity index (χ3n) is 3.18. The van der Waals surface area contributed by atoms with E-state index >= 15 is 0 Å². The molecular formula is C12H25N3O. The normalized spacial score (nSPS) is 25.8. The van der Waals surface area contributed by atoms with E-state index in [-0.39, 0.29) is 11.8 Å². The molecule has 4 nitrogen and oxygen atoms in total. The zero-order valence-corrected chi connectivity index (χ0v) is 10.8. The standard InChI is InChI=1S/C12H25N3O/c1-10-11(6-4-7-13-10)12(16)14-8-5-9-15(2)3/h10-11,13H,4-9H2,1-3H3,(H,14,16). The molecule has 1 heterocycles. The van der Waals surface area contributed by atoms with Crippen molar-refractivity contribution in [1.29, 1.82) is 0 Å². The van der Waals surface area contributed by atoms with E-state index in [4.69, 9.17) is 0 Å². The lowest BCUT2D eigenvalue weighted by molar-refractivity contribution is -0.126. The summed E-state index contributed by atoms with van der Waals surface area (Å²) in [5.41, 5.74) is 0.